The van der Waals surface area contributed by atoms with Gasteiger partial charge in [-0.05, 0) is 30.7 Å². The Morgan fingerprint density at radius 3 is 2.32 bits per heavy atom. The van der Waals surface area contributed by atoms with Gasteiger partial charge in [-0.2, -0.15) is 0 Å². The van der Waals surface area contributed by atoms with Crippen LogP contribution in [0.25, 0.3) is 0 Å². The minimum Gasteiger partial charge on any atom is -0.506 e. The molecule has 2 atom stereocenters. The van der Waals surface area contributed by atoms with Crippen LogP contribution >= 0.6 is 11.6 Å². The maximum Gasteiger partial charge on any atom is 0.326 e. The third kappa shape index (κ3) is 7.31. The number of carboxylic acids is 1. The summed E-state index contributed by atoms with van der Waals surface area (Å²) >= 11 is 5.74. The number of amides is 3. The van der Waals surface area contributed by atoms with Crippen molar-refractivity contribution in [3.05, 3.63) is 64.7 Å². The summed E-state index contributed by atoms with van der Waals surface area (Å²) in [6.45, 7) is 0.984. The molecule has 0 aliphatic heterocycles. The topological polar surface area (TPSA) is 145 Å². The molecule has 3 amide bonds. The molecular formula is C21H22ClN3O6. The second-order valence-corrected chi connectivity index (χ2v) is 7.13. The number of carboxylic acid groups (broad SMARTS) is 1. The van der Waals surface area contributed by atoms with Crippen molar-refractivity contribution in [2.75, 3.05) is 6.54 Å². The first kappa shape index (κ1) is 23.7. The number of phenolic OH excluding ortho intramolecular Hbond substituents is 1. The van der Waals surface area contributed by atoms with Gasteiger partial charge in [0.05, 0.1) is 11.6 Å². The zero-order valence-electron chi connectivity index (χ0n) is 16.6. The Balaban J connectivity index is 1.84. The van der Waals surface area contributed by atoms with E-state index in [1.54, 1.807) is 30.3 Å². The molecule has 2 rings (SSSR count). The van der Waals surface area contributed by atoms with Gasteiger partial charge in [-0.3, -0.25) is 14.4 Å². The number of benzene rings is 2. The molecule has 0 heterocycles. The minimum absolute atomic E-state index is 0.00844. The first-order chi connectivity index (χ1) is 14.7. The molecule has 0 fully saturated rings. The van der Waals surface area contributed by atoms with Crippen LogP contribution in [0.15, 0.2) is 48.5 Å². The Morgan fingerprint density at radius 2 is 1.71 bits per heavy atom. The van der Waals surface area contributed by atoms with E-state index in [9.17, 15) is 29.4 Å². The lowest BCUT2D eigenvalue weighted by Crippen LogP contribution is -2.52. The van der Waals surface area contributed by atoms with Crippen LogP contribution in [0.5, 0.6) is 5.75 Å². The zero-order valence-corrected chi connectivity index (χ0v) is 17.3. The van der Waals surface area contributed by atoms with Crippen LogP contribution in [-0.2, 0) is 20.8 Å². The molecule has 5 N–H and O–H groups in total. The fraction of sp³-hybridized carbons (Fsp3) is 0.238. The Morgan fingerprint density at radius 1 is 1.03 bits per heavy atom. The van der Waals surface area contributed by atoms with E-state index >= 15 is 0 Å². The minimum atomic E-state index is -1.20. The molecule has 0 aromatic heterocycles. The third-order valence-corrected chi connectivity index (χ3v) is 4.59. The number of carbonyl (C=O) groups is 4. The van der Waals surface area contributed by atoms with E-state index in [0.29, 0.717) is 0 Å². The summed E-state index contributed by atoms with van der Waals surface area (Å²) in [5, 5.41) is 25.9. The maximum atomic E-state index is 12.3. The number of halogens is 1. The van der Waals surface area contributed by atoms with Gasteiger partial charge in [0, 0.05) is 12.0 Å². The average molecular weight is 448 g/mol. The molecule has 0 aliphatic rings. The fourth-order valence-electron chi connectivity index (χ4n) is 2.62. The van der Waals surface area contributed by atoms with E-state index in [4.69, 9.17) is 11.6 Å². The third-order valence-electron chi connectivity index (χ3n) is 4.29. The van der Waals surface area contributed by atoms with Crippen molar-refractivity contribution in [3.63, 3.8) is 0 Å². The number of hydrogen-bond donors (Lipinski definition) is 5. The first-order valence-electron chi connectivity index (χ1n) is 9.30. The molecule has 2 aromatic carbocycles. The van der Waals surface area contributed by atoms with Crippen molar-refractivity contribution < 1.29 is 29.4 Å². The second-order valence-electron chi connectivity index (χ2n) is 6.73. The highest BCUT2D eigenvalue weighted by Crippen LogP contribution is 2.23. The molecule has 31 heavy (non-hydrogen) atoms. The molecule has 0 aliphatic carbocycles. The highest BCUT2D eigenvalue weighted by Gasteiger charge is 2.24. The predicted molar refractivity (Wildman–Crippen MR) is 113 cm³/mol. The normalized spacial score (nSPS) is 12.3. The van der Waals surface area contributed by atoms with E-state index in [0.717, 1.165) is 5.56 Å². The molecule has 9 nitrogen and oxygen atoms in total. The number of carbonyl (C=O) groups excluding carboxylic acids is 3. The van der Waals surface area contributed by atoms with Crippen molar-refractivity contribution in [3.8, 4) is 5.75 Å². The number of aliphatic carboxylic acids is 1. The van der Waals surface area contributed by atoms with Crippen LogP contribution < -0.4 is 16.0 Å². The van der Waals surface area contributed by atoms with E-state index in [-0.39, 0.29) is 22.8 Å². The molecule has 0 saturated heterocycles. The van der Waals surface area contributed by atoms with Crippen molar-refractivity contribution in [1.82, 2.24) is 16.0 Å². The van der Waals surface area contributed by atoms with Crippen LogP contribution in [-0.4, -0.2) is 52.5 Å². The van der Waals surface area contributed by atoms with E-state index in [1.165, 1.54) is 25.1 Å². The van der Waals surface area contributed by atoms with Gasteiger partial charge in [-0.25, -0.2) is 4.79 Å². The van der Waals surface area contributed by atoms with Gasteiger partial charge in [0.2, 0.25) is 11.8 Å². The van der Waals surface area contributed by atoms with Gasteiger partial charge in [-0.1, -0.05) is 41.9 Å². The van der Waals surface area contributed by atoms with E-state index in [1.807, 2.05) is 0 Å². The molecule has 0 bridgehead atoms. The largest absolute Gasteiger partial charge is 0.506 e. The van der Waals surface area contributed by atoms with Gasteiger partial charge in [0.25, 0.3) is 5.91 Å². The van der Waals surface area contributed by atoms with Crippen LogP contribution in [0.3, 0.4) is 0 Å². The molecule has 10 heteroatoms. The van der Waals surface area contributed by atoms with Crippen LogP contribution in [0.2, 0.25) is 5.02 Å². The SMILES string of the molecule is C[C@H](NC(=O)CNC(=O)c1ccc(O)c(Cl)c1)C(=O)N[C@@H](Cc1ccccc1)C(=O)O. The average Bonchev–Trinajstić information content (AvgIpc) is 2.74. The smallest absolute Gasteiger partial charge is 0.326 e. The summed E-state index contributed by atoms with van der Waals surface area (Å²) in [5.41, 5.74) is 0.885. The summed E-state index contributed by atoms with van der Waals surface area (Å²) in [6.07, 6.45) is 0.0911. The van der Waals surface area contributed by atoms with E-state index in [2.05, 4.69) is 16.0 Å². The number of hydrogen-bond acceptors (Lipinski definition) is 5. The molecule has 0 saturated carbocycles. The second kappa shape index (κ2) is 11.0. The molecule has 0 unspecified atom stereocenters. The maximum absolute atomic E-state index is 12.3. The summed E-state index contributed by atoms with van der Waals surface area (Å²) in [4.78, 5) is 47.9. The van der Waals surface area contributed by atoms with Gasteiger partial charge in [0.1, 0.15) is 17.8 Å². The number of aromatic hydroxyl groups is 1. The summed E-state index contributed by atoms with van der Waals surface area (Å²) in [5.74, 6) is -3.29. The molecule has 164 valence electrons. The standard InChI is InChI=1S/C21H22ClN3O6/c1-12(19(28)25-16(21(30)31)9-13-5-3-2-4-6-13)24-18(27)11-23-20(29)14-7-8-17(26)15(22)10-14/h2-8,10,12,16,26H,9,11H2,1H3,(H,23,29)(H,24,27)(H,25,28)(H,30,31)/t12-,16-/m0/s1. The number of rotatable bonds is 9. The van der Waals surface area contributed by atoms with Gasteiger partial charge < -0.3 is 26.2 Å². The summed E-state index contributed by atoms with van der Waals surface area (Å²) in [6, 6.07) is 10.5. The zero-order chi connectivity index (χ0) is 23.0. The summed E-state index contributed by atoms with van der Waals surface area (Å²) < 4.78 is 0. The number of phenols is 1. The Labute approximate surface area is 183 Å². The number of nitrogens with one attached hydrogen (secondary N) is 3. The predicted octanol–water partition coefficient (Wildman–Crippen LogP) is 1.09. The quantitative estimate of drug-likeness (QED) is 0.389. The van der Waals surface area contributed by atoms with Crippen LogP contribution in [0.4, 0.5) is 0 Å². The lowest BCUT2D eigenvalue weighted by atomic mass is 10.1. The van der Waals surface area contributed by atoms with E-state index < -0.39 is 42.3 Å². The Hall–Kier alpha value is -3.59. The van der Waals surface area contributed by atoms with Gasteiger partial charge in [0.15, 0.2) is 0 Å². The highest BCUT2D eigenvalue weighted by atomic mass is 35.5. The Bertz CT molecular complexity index is 967. The van der Waals surface area contributed by atoms with Gasteiger partial charge in [-0.15, -0.1) is 0 Å². The first-order valence-corrected chi connectivity index (χ1v) is 9.68. The van der Waals surface area contributed by atoms with Gasteiger partial charge >= 0.3 is 5.97 Å². The molecule has 0 spiro atoms. The van der Waals surface area contributed by atoms with Crippen LogP contribution in [0, 0.1) is 0 Å². The van der Waals surface area contributed by atoms with Crippen LogP contribution in [0.1, 0.15) is 22.8 Å². The molecule has 0 radical (unpaired) electrons. The highest BCUT2D eigenvalue weighted by molar-refractivity contribution is 6.32. The lowest BCUT2D eigenvalue weighted by Gasteiger charge is -2.19. The molecule has 2 aromatic rings. The summed E-state index contributed by atoms with van der Waals surface area (Å²) in [7, 11) is 0. The Kier molecular flexibility index (Phi) is 8.39. The van der Waals surface area contributed by atoms with Crippen molar-refractivity contribution in [1.29, 1.82) is 0 Å². The molecular weight excluding hydrogens is 426 g/mol. The van der Waals surface area contributed by atoms with Crippen molar-refractivity contribution >= 4 is 35.3 Å². The van der Waals surface area contributed by atoms with Crippen molar-refractivity contribution in [2.45, 2.75) is 25.4 Å². The van der Waals surface area contributed by atoms with Crippen molar-refractivity contribution in [2.24, 2.45) is 0 Å². The monoisotopic (exact) mass is 447 g/mol. The fourth-order valence-corrected chi connectivity index (χ4v) is 2.80. The lowest BCUT2D eigenvalue weighted by molar-refractivity contribution is -0.142.